The van der Waals surface area contributed by atoms with Crippen molar-refractivity contribution in [2.24, 2.45) is 11.7 Å². The molecule has 2 unspecified atom stereocenters. The van der Waals surface area contributed by atoms with Gasteiger partial charge in [0.2, 0.25) is 5.91 Å². The fourth-order valence-electron chi connectivity index (χ4n) is 2.42. The van der Waals surface area contributed by atoms with Crippen LogP contribution in [-0.2, 0) is 11.2 Å². The van der Waals surface area contributed by atoms with Crippen molar-refractivity contribution in [1.82, 2.24) is 5.32 Å². The van der Waals surface area contributed by atoms with Gasteiger partial charge in [0.15, 0.2) is 0 Å². The molecule has 0 spiro atoms. The van der Waals surface area contributed by atoms with Crippen molar-refractivity contribution in [3.63, 3.8) is 0 Å². The summed E-state index contributed by atoms with van der Waals surface area (Å²) in [5.41, 5.74) is 8.24. The van der Waals surface area contributed by atoms with Gasteiger partial charge in [0.05, 0.1) is 6.04 Å². The molecule has 0 bridgehead atoms. The summed E-state index contributed by atoms with van der Waals surface area (Å²) in [6.07, 6.45) is 3.48. The van der Waals surface area contributed by atoms with Gasteiger partial charge in [0.1, 0.15) is 0 Å². The molecule has 0 radical (unpaired) electrons. The van der Waals surface area contributed by atoms with Crippen molar-refractivity contribution in [3.05, 3.63) is 35.4 Å². The minimum absolute atomic E-state index is 0. The average Bonchev–Trinajstić information content (AvgIpc) is 2.43. The van der Waals surface area contributed by atoms with Crippen molar-refractivity contribution < 1.29 is 4.79 Å². The van der Waals surface area contributed by atoms with E-state index in [1.807, 2.05) is 6.92 Å². The van der Waals surface area contributed by atoms with Gasteiger partial charge in [-0.1, -0.05) is 51.5 Å². The van der Waals surface area contributed by atoms with Crippen molar-refractivity contribution in [2.45, 2.75) is 65.5 Å². The Kier molecular flexibility index (Phi) is 10.1. The van der Waals surface area contributed by atoms with Crippen LogP contribution in [0.25, 0.3) is 0 Å². The summed E-state index contributed by atoms with van der Waals surface area (Å²) in [4.78, 5) is 12.0. The number of nitrogens with two attached hydrogens (primary N) is 1. The van der Waals surface area contributed by atoms with Gasteiger partial charge in [-0.05, 0) is 36.8 Å². The predicted molar refractivity (Wildman–Crippen MR) is 96.3 cm³/mol. The lowest BCUT2D eigenvalue weighted by Gasteiger charge is -2.23. The first kappa shape index (κ1) is 20.9. The van der Waals surface area contributed by atoms with Crippen LogP contribution in [0.15, 0.2) is 24.3 Å². The number of carbonyl (C=O) groups excluding carboxylic acids is 1. The van der Waals surface area contributed by atoms with E-state index in [4.69, 9.17) is 5.73 Å². The molecule has 0 aliphatic carbocycles. The number of halogens is 1. The summed E-state index contributed by atoms with van der Waals surface area (Å²) < 4.78 is 0. The Labute approximate surface area is 141 Å². The van der Waals surface area contributed by atoms with Gasteiger partial charge in [-0.25, -0.2) is 0 Å². The Morgan fingerprint density at radius 1 is 1.18 bits per heavy atom. The molecular formula is C18H31ClN2O. The summed E-state index contributed by atoms with van der Waals surface area (Å²) in [7, 11) is 0. The standard InChI is InChI=1S/C18H30N2O.ClH/c1-5-6-15-8-10-16(11-9-15)18(13(2)3)20-17(21)12-7-14(4)19;/h8-11,13-14,18H,5-7,12,19H2,1-4H3,(H,20,21);1H. The molecule has 0 heterocycles. The maximum absolute atomic E-state index is 12.0. The molecule has 1 aromatic rings. The maximum Gasteiger partial charge on any atom is 0.220 e. The molecule has 1 aromatic carbocycles. The third-order valence-electron chi connectivity index (χ3n) is 3.69. The number of carbonyl (C=O) groups is 1. The highest BCUT2D eigenvalue weighted by atomic mass is 35.5. The van der Waals surface area contributed by atoms with Gasteiger partial charge >= 0.3 is 0 Å². The van der Waals surface area contributed by atoms with Gasteiger partial charge in [0, 0.05) is 12.5 Å². The second kappa shape index (κ2) is 10.6. The Bertz CT molecular complexity index is 429. The van der Waals surface area contributed by atoms with Gasteiger partial charge < -0.3 is 11.1 Å². The fourth-order valence-corrected chi connectivity index (χ4v) is 2.42. The molecule has 0 fully saturated rings. The minimum Gasteiger partial charge on any atom is -0.349 e. The summed E-state index contributed by atoms with van der Waals surface area (Å²) in [6.45, 7) is 8.38. The normalized spacial score (nSPS) is 13.4. The van der Waals surface area contributed by atoms with Crippen molar-refractivity contribution in [1.29, 1.82) is 0 Å². The van der Waals surface area contributed by atoms with Crippen LogP contribution in [0.4, 0.5) is 0 Å². The Balaban J connectivity index is 0.00000441. The molecule has 0 aromatic heterocycles. The molecule has 126 valence electrons. The number of hydrogen-bond acceptors (Lipinski definition) is 2. The zero-order valence-electron chi connectivity index (χ0n) is 14.3. The fraction of sp³-hybridized carbons (Fsp3) is 0.611. The maximum atomic E-state index is 12.0. The molecule has 0 aliphatic rings. The molecule has 4 heteroatoms. The molecule has 0 saturated carbocycles. The molecule has 3 N–H and O–H groups in total. The number of nitrogens with one attached hydrogen (secondary N) is 1. The lowest BCUT2D eigenvalue weighted by Crippen LogP contribution is -2.32. The minimum atomic E-state index is 0. The van der Waals surface area contributed by atoms with E-state index < -0.39 is 0 Å². The summed E-state index contributed by atoms with van der Waals surface area (Å²) >= 11 is 0. The third kappa shape index (κ3) is 7.28. The molecule has 1 amide bonds. The quantitative estimate of drug-likeness (QED) is 0.758. The third-order valence-corrected chi connectivity index (χ3v) is 3.69. The van der Waals surface area contributed by atoms with E-state index in [9.17, 15) is 4.79 Å². The molecule has 22 heavy (non-hydrogen) atoms. The highest BCUT2D eigenvalue weighted by Gasteiger charge is 2.18. The summed E-state index contributed by atoms with van der Waals surface area (Å²) in [6, 6.07) is 8.76. The SMILES string of the molecule is CCCc1ccc(C(NC(=O)CCC(C)N)C(C)C)cc1.Cl. The first-order chi connectivity index (χ1) is 9.93. The molecule has 2 atom stereocenters. The monoisotopic (exact) mass is 326 g/mol. The second-order valence-electron chi connectivity index (χ2n) is 6.30. The van der Waals surface area contributed by atoms with Crippen LogP contribution in [-0.4, -0.2) is 11.9 Å². The first-order valence-corrected chi connectivity index (χ1v) is 8.07. The highest BCUT2D eigenvalue weighted by Crippen LogP contribution is 2.22. The largest absolute Gasteiger partial charge is 0.349 e. The van der Waals surface area contributed by atoms with Crippen LogP contribution in [0.2, 0.25) is 0 Å². The van der Waals surface area contributed by atoms with Crippen molar-refractivity contribution in [2.75, 3.05) is 0 Å². The summed E-state index contributed by atoms with van der Waals surface area (Å²) in [5.74, 6) is 0.449. The molecule has 0 aliphatic heterocycles. The number of benzene rings is 1. The van der Waals surface area contributed by atoms with Gasteiger partial charge in [-0.2, -0.15) is 0 Å². The van der Waals surface area contributed by atoms with E-state index in [0.717, 1.165) is 19.3 Å². The van der Waals surface area contributed by atoms with Gasteiger partial charge in [-0.15, -0.1) is 12.4 Å². The van der Waals surface area contributed by atoms with Crippen LogP contribution < -0.4 is 11.1 Å². The number of aryl methyl sites for hydroxylation is 1. The molecular weight excluding hydrogens is 296 g/mol. The lowest BCUT2D eigenvalue weighted by atomic mass is 9.94. The lowest BCUT2D eigenvalue weighted by molar-refractivity contribution is -0.122. The average molecular weight is 327 g/mol. The van der Waals surface area contributed by atoms with Crippen molar-refractivity contribution in [3.8, 4) is 0 Å². The van der Waals surface area contributed by atoms with Gasteiger partial charge in [-0.3, -0.25) is 4.79 Å². The van der Waals surface area contributed by atoms with E-state index in [1.165, 1.54) is 11.1 Å². The summed E-state index contributed by atoms with van der Waals surface area (Å²) in [5, 5.41) is 3.15. The number of rotatable bonds is 8. The zero-order valence-corrected chi connectivity index (χ0v) is 15.1. The van der Waals surface area contributed by atoms with E-state index in [1.54, 1.807) is 0 Å². The van der Waals surface area contributed by atoms with Crippen LogP contribution in [0, 0.1) is 5.92 Å². The van der Waals surface area contributed by atoms with E-state index in [0.29, 0.717) is 12.3 Å². The smallest absolute Gasteiger partial charge is 0.220 e. The van der Waals surface area contributed by atoms with E-state index >= 15 is 0 Å². The Morgan fingerprint density at radius 2 is 1.77 bits per heavy atom. The zero-order chi connectivity index (χ0) is 15.8. The highest BCUT2D eigenvalue weighted by molar-refractivity contribution is 5.85. The number of hydrogen-bond donors (Lipinski definition) is 2. The van der Waals surface area contributed by atoms with Crippen LogP contribution >= 0.6 is 12.4 Å². The van der Waals surface area contributed by atoms with Crippen LogP contribution in [0.1, 0.15) is 64.1 Å². The molecule has 1 rings (SSSR count). The topological polar surface area (TPSA) is 55.1 Å². The Morgan fingerprint density at radius 3 is 2.23 bits per heavy atom. The van der Waals surface area contributed by atoms with E-state index in [-0.39, 0.29) is 30.4 Å². The van der Waals surface area contributed by atoms with Gasteiger partial charge in [0.25, 0.3) is 0 Å². The first-order valence-electron chi connectivity index (χ1n) is 8.07. The Hall–Kier alpha value is -1.06. The van der Waals surface area contributed by atoms with Crippen LogP contribution in [0.5, 0.6) is 0 Å². The molecule has 0 saturated heterocycles. The van der Waals surface area contributed by atoms with Crippen LogP contribution in [0.3, 0.4) is 0 Å². The van der Waals surface area contributed by atoms with E-state index in [2.05, 4.69) is 50.4 Å². The molecule has 3 nitrogen and oxygen atoms in total. The number of amides is 1. The second-order valence-corrected chi connectivity index (χ2v) is 6.30. The van der Waals surface area contributed by atoms with Crippen molar-refractivity contribution >= 4 is 18.3 Å². The predicted octanol–water partition coefficient (Wildman–Crippen LogP) is 4.00.